The lowest BCUT2D eigenvalue weighted by Crippen LogP contribution is -2.23. The van der Waals surface area contributed by atoms with Crippen LogP contribution in [-0.2, 0) is 0 Å². The third kappa shape index (κ3) is 5.29. The van der Waals surface area contributed by atoms with Crippen molar-refractivity contribution in [1.29, 1.82) is 0 Å². The molecule has 0 heterocycles. The van der Waals surface area contributed by atoms with E-state index in [0.29, 0.717) is 5.96 Å². The van der Waals surface area contributed by atoms with Crippen LogP contribution in [0.3, 0.4) is 0 Å². The molecule has 4 nitrogen and oxygen atoms in total. The molecule has 1 fully saturated rings. The summed E-state index contributed by atoms with van der Waals surface area (Å²) in [7, 11) is 1.66. The highest BCUT2D eigenvalue weighted by Crippen LogP contribution is 2.30. The van der Waals surface area contributed by atoms with Crippen LogP contribution in [-0.4, -0.2) is 19.6 Å². The van der Waals surface area contributed by atoms with Gasteiger partial charge in [0, 0.05) is 12.2 Å². The molecule has 1 aliphatic carbocycles. The lowest BCUT2D eigenvalue weighted by Gasteiger charge is -2.26. The van der Waals surface area contributed by atoms with Gasteiger partial charge in [-0.25, -0.2) is 0 Å². The van der Waals surface area contributed by atoms with Gasteiger partial charge in [0.2, 0.25) is 0 Å². The molecule has 0 bridgehead atoms. The minimum absolute atomic E-state index is 0.490. The quantitative estimate of drug-likeness (QED) is 0.642. The standard InChI is InChI=1S/C17H27N3O/c1-13-4-3-5-14(12-13)10-11-19-17(18)20-15-6-8-16(21-2)9-7-15/h6-9,13-14H,3-5,10-12H2,1-2H3,(H3,18,19,20). The molecule has 1 aromatic carbocycles. The lowest BCUT2D eigenvalue weighted by atomic mass is 9.81. The maximum Gasteiger partial charge on any atom is 0.193 e. The van der Waals surface area contributed by atoms with E-state index in [-0.39, 0.29) is 0 Å². The van der Waals surface area contributed by atoms with Crippen LogP contribution in [0.5, 0.6) is 5.75 Å². The van der Waals surface area contributed by atoms with Crippen molar-refractivity contribution in [3.8, 4) is 5.75 Å². The molecule has 0 aliphatic heterocycles. The third-order valence-electron chi connectivity index (χ3n) is 4.23. The van der Waals surface area contributed by atoms with Crippen molar-refractivity contribution in [3.05, 3.63) is 24.3 Å². The first-order valence-electron chi connectivity index (χ1n) is 7.88. The average molecular weight is 289 g/mol. The average Bonchev–Trinajstić information content (AvgIpc) is 2.48. The Morgan fingerprint density at radius 3 is 2.76 bits per heavy atom. The third-order valence-corrected chi connectivity index (χ3v) is 4.23. The summed E-state index contributed by atoms with van der Waals surface area (Å²) in [4.78, 5) is 4.43. The maximum absolute atomic E-state index is 5.93. The predicted molar refractivity (Wildman–Crippen MR) is 88.8 cm³/mol. The number of rotatable bonds is 5. The second-order valence-electron chi connectivity index (χ2n) is 6.05. The Bertz CT molecular complexity index is 456. The van der Waals surface area contributed by atoms with Gasteiger partial charge in [0.15, 0.2) is 5.96 Å². The molecule has 1 aromatic rings. The van der Waals surface area contributed by atoms with Crippen LogP contribution in [0.15, 0.2) is 29.3 Å². The molecule has 0 spiro atoms. The van der Waals surface area contributed by atoms with E-state index in [9.17, 15) is 0 Å². The summed E-state index contributed by atoms with van der Waals surface area (Å²) >= 11 is 0. The van der Waals surface area contributed by atoms with Crippen LogP contribution < -0.4 is 15.8 Å². The first-order valence-corrected chi connectivity index (χ1v) is 7.88. The summed E-state index contributed by atoms with van der Waals surface area (Å²) in [5.41, 5.74) is 6.86. The molecule has 2 unspecified atom stereocenters. The van der Waals surface area contributed by atoms with Gasteiger partial charge in [0.05, 0.1) is 7.11 Å². The Morgan fingerprint density at radius 1 is 1.33 bits per heavy atom. The van der Waals surface area contributed by atoms with E-state index in [1.165, 1.54) is 25.7 Å². The van der Waals surface area contributed by atoms with Crippen LogP contribution in [0.1, 0.15) is 39.0 Å². The van der Waals surface area contributed by atoms with Crippen molar-refractivity contribution in [2.75, 3.05) is 19.0 Å². The van der Waals surface area contributed by atoms with Crippen molar-refractivity contribution < 1.29 is 4.74 Å². The van der Waals surface area contributed by atoms with E-state index in [2.05, 4.69) is 17.2 Å². The minimum atomic E-state index is 0.490. The number of nitrogens with two attached hydrogens (primary N) is 1. The van der Waals surface area contributed by atoms with E-state index in [0.717, 1.165) is 36.2 Å². The van der Waals surface area contributed by atoms with Gasteiger partial charge in [-0.1, -0.05) is 26.2 Å². The Labute approximate surface area is 127 Å². The molecule has 2 rings (SSSR count). The van der Waals surface area contributed by atoms with Crippen LogP contribution in [0, 0.1) is 11.8 Å². The SMILES string of the molecule is COc1ccc(NC(N)=NCCC2CCCC(C)C2)cc1. The van der Waals surface area contributed by atoms with E-state index in [1.807, 2.05) is 24.3 Å². The number of nitrogens with zero attached hydrogens (tertiary/aromatic N) is 1. The highest BCUT2D eigenvalue weighted by atomic mass is 16.5. The van der Waals surface area contributed by atoms with Crippen LogP contribution >= 0.6 is 0 Å². The number of ether oxygens (including phenoxy) is 1. The van der Waals surface area contributed by atoms with Crippen molar-refractivity contribution in [2.45, 2.75) is 39.0 Å². The van der Waals surface area contributed by atoms with Crippen molar-refractivity contribution in [2.24, 2.45) is 22.6 Å². The van der Waals surface area contributed by atoms with Gasteiger partial charge in [-0.05, 0) is 48.9 Å². The fourth-order valence-corrected chi connectivity index (χ4v) is 3.05. The maximum atomic E-state index is 5.93. The number of benzene rings is 1. The smallest absolute Gasteiger partial charge is 0.193 e. The van der Waals surface area contributed by atoms with Gasteiger partial charge in [0.1, 0.15) is 5.75 Å². The Kier molecular flexibility index (Phi) is 5.90. The van der Waals surface area contributed by atoms with Gasteiger partial charge >= 0.3 is 0 Å². The van der Waals surface area contributed by atoms with E-state index < -0.39 is 0 Å². The molecule has 2 atom stereocenters. The van der Waals surface area contributed by atoms with Crippen LogP contribution in [0.25, 0.3) is 0 Å². The lowest BCUT2D eigenvalue weighted by molar-refractivity contribution is 0.273. The van der Waals surface area contributed by atoms with Crippen LogP contribution in [0.2, 0.25) is 0 Å². The van der Waals surface area contributed by atoms with Gasteiger partial charge < -0.3 is 15.8 Å². The largest absolute Gasteiger partial charge is 0.497 e. The van der Waals surface area contributed by atoms with Gasteiger partial charge in [-0.2, -0.15) is 0 Å². The number of hydrogen-bond acceptors (Lipinski definition) is 2. The van der Waals surface area contributed by atoms with E-state index in [4.69, 9.17) is 10.5 Å². The summed E-state index contributed by atoms with van der Waals surface area (Å²) in [5.74, 6) is 3.03. The summed E-state index contributed by atoms with van der Waals surface area (Å²) in [6.07, 6.45) is 6.61. The zero-order valence-corrected chi connectivity index (χ0v) is 13.1. The second-order valence-corrected chi connectivity index (χ2v) is 6.05. The van der Waals surface area contributed by atoms with Gasteiger partial charge in [0.25, 0.3) is 0 Å². The molecule has 116 valence electrons. The zero-order chi connectivity index (χ0) is 15.1. The Hall–Kier alpha value is -1.71. The predicted octanol–water partition coefficient (Wildman–Crippen LogP) is 3.64. The molecule has 0 amide bonds. The molecule has 4 heteroatoms. The highest BCUT2D eigenvalue weighted by molar-refractivity contribution is 5.92. The molecular formula is C17H27N3O. The normalized spacial score (nSPS) is 22.9. The number of nitrogens with one attached hydrogen (secondary N) is 1. The van der Waals surface area contributed by atoms with Crippen molar-refractivity contribution in [3.63, 3.8) is 0 Å². The van der Waals surface area contributed by atoms with Gasteiger partial charge in [-0.3, -0.25) is 4.99 Å². The number of anilines is 1. The first kappa shape index (κ1) is 15.7. The number of hydrogen-bond donors (Lipinski definition) is 2. The number of guanidine groups is 1. The highest BCUT2D eigenvalue weighted by Gasteiger charge is 2.18. The molecular weight excluding hydrogens is 262 g/mol. The molecule has 0 saturated heterocycles. The fourth-order valence-electron chi connectivity index (χ4n) is 3.05. The fraction of sp³-hybridized carbons (Fsp3) is 0.588. The van der Waals surface area contributed by atoms with E-state index >= 15 is 0 Å². The number of aliphatic imine (C=N–C) groups is 1. The summed E-state index contributed by atoms with van der Waals surface area (Å²) in [6, 6.07) is 7.67. The van der Waals surface area contributed by atoms with E-state index in [1.54, 1.807) is 7.11 Å². The Morgan fingerprint density at radius 2 is 2.10 bits per heavy atom. The molecule has 1 aliphatic rings. The summed E-state index contributed by atoms with van der Waals surface area (Å²) in [6.45, 7) is 3.17. The molecule has 0 radical (unpaired) electrons. The van der Waals surface area contributed by atoms with Gasteiger partial charge in [-0.15, -0.1) is 0 Å². The minimum Gasteiger partial charge on any atom is -0.497 e. The monoisotopic (exact) mass is 289 g/mol. The van der Waals surface area contributed by atoms with Crippen LogP contribution in [0.4, 0.5) is 5.69 Å². The molecule has 3 N–H and O–H groups in total. The Balaban J connectivity index is 1.75. The molecule has 0 aromatic heterocycles. The van der Waals surface area contributed by atoms with Crippen molar-refractivity contribution in [1.82, 2.24) is 0 Å². The topological polar surface area (TPSA) is 59.6 Å². The summed E-state index contributed by atoms with van der Waals surface area (Å²) in [5, 5.41) is 3.11. The zero-order valence-electron chi connectivity index (χ0n) is 13.1. The second kappa shape index (κ2) is 7.91. The number of methoxy groups -OCH3 is 1. The summed E-state index contributed by atoms with van der Waals surface area (Å²) < 4.78 is 5.13. The molecule has 1 saturated carbocycles. The van der Waals surface area contributed by atoms with Crippen molar-refractivity contribution >= 4 is 11.6 Å². The molecule has 21 heavy (non-hydrogen) atoms. The first-order chi connectivity index (χ1) is 10.2.